The van der Waals surface area contributed by atoms with E-state index < -0.39 is 0 Å². The van der Waals surface area contributed by atoms with Gasteiger partial charge in [0.1, 0.15) is 17.2 Å². The molecule has 0 saturated carbocycles. The van der Waals surface area contributed by atoms with Gasteiger partial charge in [-0.25, -0.2) is 4.98 Å². The average molecular weight is 286 g/mol. The minimum Gasteiger partial charge on any atom is -0.383 e. The Bertz CT molecular complexity index is 773. The number of benzene rings is 1. The van der Waals surface area contributed by atoms with Crippen molar-refractivity contribution in [2.75, 3.05) is 5.73 Å². The van der Waals surface area contributed by atoms with Crippen LogP contribution in [-0.4, -0.2) is 9.38 Å². The van der Waals surface area contributed by atoms with Crippen molar-refractivity contribution in [3.63, 3.8) is 0 Å². The van der Waals surface area contributed by atoms with Crippen LogP contribution < -0.4 is 5.73 Å². The molecule has 102 valence electrons. The summed E-state index contributed by atoms with van der Waals surface area (Å²) in [7, 11) is 0. The van der Waals surface area contributed by atoms with Crippen molar-refractivity contribution in [3.05, 3.63) is 52.7 Å². The van der Waals surface area contributed by atoms with Gasteiger partial charge in [-0.05, 0) is 30.5 Å². The number of halogens is 1. The normalized spacial score (nSPS) is 11.2. The summed E-state index contributed by atoms with van der Waals surface area (Å²) in [5.74, 6) is 0.620. The molecule has 0 atom stereocenters. The van der Waals surface area contributed by atoms with Crippen LogP contribution in [-0.2, 0) is 6.42 Å². The topological polar surface area (TPSA) is 43.3 Å². The Labute approximate surface area is 123 Å². The lowest BCUT2D eigenvalue weighted by Gasteiger charge is -2.02. The third-order valence-electron chi connectivity index (χ3n) is 3.54. The van der Waals surface area contributed by atoms with Crippen LogP contribution >= 0.6 is 11.6 Å². The number of aromatic nitrogens is 2. The third-order valence-corrected chi connectivity index (χ3v) is 3.75. The highest BCUT2D eigenvalue weighted by atomic mass is 35.5. The number of hydrogen-bond donors (Lipinski definition) is 1. The van der Waals surface area contributed by atoms with E-state index in [1.807, 2.05) is 17.4 Å². The van der Waals surface area contributed by atoms with Crippen LogP contribution in [0.5, 0.6) is 0 Å². The van der Waals surface area contributed by atoms with Gasteiger partial charge in [-0.3, -0.25) is 4.40 Å². The lowest BCUT2D eigenvalue weighted by molar-refractivity contribution is 1.14. The first kappa shape index (κ1) is 13.0. The van der Waals surface area contributed by atoms with Crippen LogP contribution in [0.25, 0.3) is 16.9 Å². The van der Waals surface area contributed by atoms with Gasteiger partial charge in [0.2, 0.25) is 0 Å². The van der Waals surface area contributed by atoms with E-state index in [1.165, 1.54) is 5.56 Å². The van der Waals surface area contributed by atoms with Crippen LogP contribution in [0.15, 0.2) is 36.5 Å². The molecule has 20 heavy (non-hydrogen) atoms. The summed E-state index contributed by atoms with van der Waals surface area (Å²) in [5, 5.41) is 0.659. The summed E-state index contributed by atoms with van der Waals surface area (Å²) >= 11 is 6.09. The van der Waals surface area contributed by atoms with Gasteiger partial charge < -0.3 is 5.73 Å². The summed E-state index contributed by atoms with van der Waals surface area (Å²) in [4.78, 5) is 4.66. The van der Waals surface area contributed by atoms with Crippen molar-refractivity contribution in [1.29, 1.82) is 0 Å². The number of nitrogens with zero attached hydrogens (tertiary/aromatic N) is 2. The largest absolute Gasteiger partial charge is 0.383 e. The molecule has 2 aromatic heterocycles. The molecule has 0 aliphatic heterocycles. The molecule has 3 aromatic rings. The zero-order valence-corrected chi connectivity index (χ0v) is 12.3. The molecule has 0 saturated heterocycles. The smallest absolute Gasteiger partial charge is 0.142 e. The Balaban J connectivity index is 2.20. The van der Waals surface area contributed by atoms with E-state index in [1.54, 1.807) is 6.20 Å². The number of nitrogens with two attached hydrogens (primary N) is 1. The standard InChI is InChI=1S/C16H16ClN3/c1-3-11-4-6-12(7-5-11)14-15(18)20-9-13(17)8-10(2)16(20)19-14/h4-9H,3,18H2,1-2H3. The van der Waals surface area contributed by atoms with Crippen LogP contribution in [0.2, 0.25) is 5.02 Å². The molecular weight excluding hydrogens is 270 g/mol. The molecule has 0 amide bonds. The van der Waals surface area contributed by atoms with E-state index in [9.17, 15) is 0 Å². The van der Waals surface area contributed by atoms with Crippen molar-refractivity contribution >= 4 is 23.1 Å². The molecule has 0 spiro atoms. The molecule has 0 aliphatic carbocycles. The number of rotatable bonds is 2. The molecule has 3 rings (SSSR count). The van der Waals surface area contributed by atoms with Crippen LogP contribution in [0.1, 0.15) is 18.1 Å². The van der Waals surface area contributed by atoms with Gasteiger partial charge in [0.15, 0.2) is 0 Å². The fourth-order valence-corrected chi connectivity index (χ4v) is 2.66. The minimum absolute atomic E-state index is 0.620. The molecule has 0 bridgehead atoms. The molecule has 2 N–H and O–H groups in total. The Kier molecular flexibility index (Phi) is 3.14. The van der Waals surface area contributed by atoms with Gasteiger partial charge in [0.25, 0.3) is 0 Å². The van der Waals surface area contributed by atoms with E-state index in [0.29, 0.717) is 10.8 Å². The zero-order chi connectivity index (χ0) is 14.3. The quantitative estimate of drug-likeness (QED) is 0.770. The fraction of sp³-hybridized carbons (Fsp3) is 0.188. The molecule has 0 aliphatic rings. The van der Waals surface area contributed by atoms with Gasteiger partial charge in [-0.1, -0.05) is 42.8 Å². The van der Waals surface area contributed by atoms with Crippen molar-refractivity contribution in [3.8, 4) is 11.3 Å². The lowest BCUT2D eigenvalue weighted by Crippen LogP contribution is -1.95. The van der Waals surface area contributed by atoms with E-state index in [4.69, 9.17) is 17.3 Å². The van der Waals surface area contributed by atoms with Crippen LogP contribution in [0.4, 0.5) is 5.82 Å². The lowest BCUT2D eigenvalue weighted by atomic mass is 10.1. The molecule has 0 radical (unpaired) electrons. The Hall–Kier alpha value is -2.00. The number of aryl methyl sites for hydroxylation is 2. The summed E-state index contributed by atoms with van der Waals surface area (Å²) in [6.07, 6.45) is 2.83. The van der Waals surface area contributed by atoms with Gasteiger partial charge in [-0.15, -0.1) is 0 Å². The van der Waals surface area contributed by atoms with E-state index >= 15 is 0 Å². The second-order valence-electron chi connectivity index (χ2n) is 4.93. The Morgan fingerprint density at radius 1 is 1.25 bits per heavy atom. The summed E-state index contributed by atoms with van der Waals surface area (Å²) in [6, 6.07) is 10.2. The van der Waals surface area contributed by atoms with E-state index in [2.05, 4.69) is 36.2 Å². The summed E-state index contributed by atoms with van der Waals surface area (Å²) in [6.45, 7) is 4.12. The molecular formula is C16H16ClN3. The first-order valence-electron chi connectivity index (χ1n) is 6.63. The predicted molar refractivity (Wildman–Crippen MR) is 84.2 cm³/mol. The molecule has 1 aromatic carbocycles. The number of nitrogen functional groups attached to an aromatic ring is 1. The zero-order valence-electron chi connectivity index (χ0n) is 11.5. The van der Waals surface area contributed by atoms with Crippen molar-refractivity contribution in [1.82, 2.24) is 9.38 Å². The van der Waals surface area contributed by atoms with Crippen LogP contribution in [0, 0.1) is 6.92 Å². The monoisotopic (exact) mass is 285 g/mol. The van der Waals surface area contributed by atoms with Gasteiger partial charge in [0.05, 0.1) is 5.02 Å². The van der Waals surface area contributed by atoms with Crippen LogP contribution in [0.3, 0.4) is 0 Å². The third kappa shape index (κ3) is 2.04. The molecule has 2 heterocycles. The van der Waals surface area contributed by atoms with Crippen molar-refractivity contribution < 1.29 is 0 Å². The number of fused-ring (bicyclic) bond motifs is 1. The number of hydrogen-bond acceptors (Lipinski definition) is 2. The molecule has 0 unspecified atom stereocenters. The summed E-state index contributed by atoms with van der Waals surface area (Å²) in [5.41, 5.74) is 11.2. The number of anilines is 1. The van der Waals surface area contributed by atoms with Crippen molar-refractivity contribution in [2.45, 2.75) is 20.3 Å². The maximum absolute atomic E-state index is 6.22. The maximum Gasteiger partial charge on any atom is 0.142 e. The highest BCUT2D eigenvalue weighted by molar-refractivity contribution is 6.30. The second kappa shape index (κ2) is 4.84. The first-order chi connectivity index (χ1) is 9.60. The summed E-state index contributed by atoms with van der Waals surface area (Å²) < 4.78 is 1.85. The maximum atomic E-state index is 6.22. The highest BCUT2D eigenvalue weighted by Crippen LogP contribution is 2.29. The Morgan fingerprint density at radius 3 is 2.60 bits per heavy atom. The van der Waals surface area contributed by atoms with E-state index in [-0.39, 0.29) is 0 Å². The van der Waals surface area contributed by atoms with Gasteiger partial charge in [-0.2, -0.15) is 0 Å². The second-order valence-corrected chi connectivity index (χ2v) is 5.37. The minimum atomic E-state index is 0.620. The SMILES string of the molecule is CCc1ccc(-c2nc3c(C)cc(Cl)cn3c2N)cc1. The predicted octanol–water partition coefficient (Wildman–Crippen LogP) is 4.11. The van der Waals surface area contributed by atoms with Crippen molar-refractivity contribution in [2.24, 2.45) is 0 Å². The number of imidazole rings is 1. The van der Waals surface area contributed by atoms with E-state index in [0.717, 1.165) is 28.9 Å². The molecule has 4 heteroatoms. The molecule has 0 fully saturated rings. The fourth-order valence-electron chi connectivity index (χ4n) is 2.40. The number of pyridine rings is 1. The van der Waals surface area contributed by atoms with Gasteiger partial charge in [0, 0.05) is 11.8 Å². The molecule has 3 nitrogen and oxygen atoms in total. The van der Waals surface area contributed by atoms with Gasteiger partial charge >= 0.3 is 0 Å². The average Bonchev–Trinajstić information content (AvgIpc) is 2.77. The highest BCUT2D eigenvalue weighted by Gasteiger charge is 2.13. The first-order valence-corrected chi connectivity index (χ1v) is 7.01. The Morgan fingerprint density at radius 2 is 1.95 bits per heavy atom.